The van der Waals surface area contributed by atoms with E-state index in [0.29, 0.717) is 17.9 Å². The highest BCUT2D eigenvalue weighted by Crippen LogP contribution is 2.23. The number of quaternary nitrogens is 1. The van der Waals surface area contributed by atoms with Gasteiger partial charge < -0.3 is 14.5 Å². The number of rotatable bonds is 5. The molecule has 1 aromatic heterocycles. The van der Waals surface area contributed by atoms with Crippen LogP contribution in [0, 0.1) is 0 Å². The molecule has 124 valence electrons. The van der Waals surface area contributed by atoms with Crippen molar-refractivity contribution in [1.82, 2.24) is 0 Å². The zero-order valence-corrected chi connectivity index (χ0v) is 14.3. The first kappa shape index (κ1) is 16.6. The molecule has 2 N–H and O–H groups in total. The molecule has 0 spiro atoms. The number of halogens is 1. The largest absolute Gasteiger partial charge is 0.497 e. The highest BCUT2D eigenvalue weighted by Gasteiger charge is 2.14. The molecule has 0 radical (unpaired) electrons. The Labute approximate surface area is 145 Å². The smallest absolute Gasteiger partial charge is 0.336 e. The van der Waals surface area contributed by atoms with Crippen LogP contribution in [0.3, 0.4) is 0 Å². The van der Waals surface area contributed by atoms with Crippen molar-refractivity contribution in [2.45, 2.75) is 19.5 Å². The fraction of sp³-hybridized carbons (Fsp3) is 0.211. The fourth-order valence-corrected chi connectivity index (χ4v) is 3.09. The van der Waals surface area contributed by atoms with Crippen molar-refractivity contribution in [2.75, 3.05) is 7.11 Å². The number of benzene rings is 2. The van der Waals surface area contributed by atoms with Crippen LogP contribution in [-0.2, 0) is 6.54 Å². The molecule has 0 bridgehead atoms. The van der Waals surface area contributed by atoms with Crippen molar-refractivity contribution in [1.29, 1.82) is 0 Å². The normalized spacial score (nSPS) is 12.3. The van der Waals surface area contributed by atoms with Crippen LogP contribution in [0.2, 0.25) is 5.02 Å². The molecule has 24 heavy (non-hydrogen) atoms. The second-order valence-corrected chi connectivity index (χ2v) is 6.11. The first-order valence-electron chi connectivity index (χ1n) is 7.77. The van der Waals surface area contributed by atoms with Crippen LogP contribution in [-0.4, -0.2) is 7.11 Å². The lowest BCUT2D eigenvalue weighted by atomic mass is 10.1. The molecule has 1 heterocycles. The van der Waals surface area contributed by atoms with E-state index < -0.39 is 0 Å². The maximum absolute atomic E-state index is 11.8. The number of hydrogen-bond acceptors (Lipinski definition) is 3. The van der Waals surface area contributed by atoms with Crippen LogP contribution < -0.4 is 15.7 Å². The molecule has 2 aromatic carbocycles. The number of methoxy groups -OCH3 is 1. The van der Waals surface area contributed by atoms with Gasteiger partial charge in [0.15, 0.2) is 0 Å². The summed E-state index contributed by atoms with van der Waals surface area (Å²) in [6.07, 6.45) is 0. The summed E-state index contributed by atoms with van der Waals surface area (Å²) < 4.78 is 10.5. The van der Waals surface area contributed by atoms with Crippen LogP contribution in [0.5, 0.6) is 5.75 Å². The Balaban J connectivity index is 1.87. The highest BCUT2D eigenvalue weighted by molar-refractivity contribution is 6.31. The predicted molar refractivity (Wildman–Crippen MR) is 94.5 cm³/mol. The summed E-state index contributed by atoms with van der Waals surface area (Å²) in [5, 5.41) is 3.82. The Hall–Kier alpha value is -2.30. The van der Waals surface area contributed by atoms with Gasteiger partial charge in [-0.15, -0.1) is 0 Å². The topological polar surface area (TPSA) is 56.0 Å². The Bertz CT molecular complexity index is 920. The molecule has 0 amide bonds. The SMILES string of the molecule is COc1ccc2c(C[NH2+][C@H](C)c3ccccc3Cl)cc(=O)oc2c1. The maximum Gasteiger partial charge on any atom is 0.336 e. The Kier molecular flexibility index (Phi) is 4.88. The minimum Gasteiger partial charge on any atom is -0.497 e. The third kappa shape index (κ3) is 3.45. The van der Waals surface area contributed by atoms with E-state index in [1.165, 1.54) is 0 Å². The molecule has 0 saturated heterocycles. The van der Waals surface area contributed by atoms with E-state index in [2.05, 4.69) is 12.2 Å². The van der Waals surface area contributed by atoms with Gasteiger partial charge in [0.1, 0.15) is 23.9 Å². The van der Waals surface area contributed by atoms with Crippen LogP contribution >= 0.6 is 11.6 Å². The third-order valence-corrected chi connectivity index (χ3v) is 4.47. The summed E-state index contributed by atoms with van der Waals surface area (Å²) in [6, 6.07) is 15.0. The van der Waals surface area contributed by atoms with Gasteiger partial charge >= 0.3 is 5.63 Å². The number of fused-ring (bicyclic) bond motifs is 1. The molecule has 1 atom stereocenters. The molecule has 3 aromatic rings. The van der Waals surface area contributed by atoms with Gasteiger partial charge in [0.25, 0.3) is 0 Å². The van der Waals surface area contributed by atoms with E-state index in [4.69, 9.17) is 20.8 Å². The van der Waals surface area contributed by atoms with Crippen LogP contribution in [0.15, 0.2) is 57.7 Å². The Morgan fingerprint density at radius 1 is 1.21 bits per heavy atom. The minimum atomic E-state index is -0.357. The summed E-state index contributed by atoms with van der Waals surface area (Å²) >= 11 is 6.26. The lowest BCUT2D eigenvalue weighted by molar-refractivity contribution is -0.707. The van der Waals surface area contributed by atoms with E-state index >= 15 is 0 Å². The predicted octanol–water partition coefficient (Wildman–Crippen LogP) is 3.28. The molecule has 3 rings (SSSR count). The first-order valence-corrected chi connectivity index (χ1v) is 8.15. The summed E-state index contributed by atoms with van der Waals surface area (Å²) in [7, 11) is 1.59. The molecule has 0 aliphatic carbocycles. The molecule has 0 aliphatic rings. The van der Waals surface area contributed by atoms with Gasteiger partial charge in [-0.25, -0.2) is 4.79 Å². The molecular formula is C19H19ClNO3+. The lowest BCUT2D eigenvalue weighted by Crippen LogP contribution is -2.83. The fourth-order valence-electron chi connectivity index (χ4n) is 2.78. The second-order valence-electron chi connectivity index (χ2n) is 5.70. The lowest BCUT2D eigenvalue weighted by Gasteiger charge is -2.13. The summed E-state index contributed by atoms with van der Waals surface area (Å²) in [6.45, 7) is 2.75. The summed E-state index contributed by atoms with van der Waals surface area (Å²) in [4.78, 5) is 11.8. The number of nitrogens with two attached hydrogens (primary N) is 1. The van der Waals surface area contributed by atoms with E-state index in [1.807, 2.05) is 36.4 Å². The van der Waals surface area contributed by atoms with Crippen molar-refractivity contribution in [3.05, 3.63) is 75.1 Å². The number of hydrogen-bond donors (Lipinski definition) is 1. The standard InChI is InChI=1S/C19H18ClNO3/c1-12(15-5-3-4-6-17(15)20)21-11-13-9-19(22)24-18-10-14(23-2)7-8-16(13)18/h3-10,12,21H,11H2,1-2H3/p+1/t12-/m1/s1. The van der Waals surface area contributed by atoms with Crippen molar-refractivity contribution in [3.8, 4) is 5.75 Å². The molecule has 0 aliphatic heterocycles. The molecule has 0 fully saturated rings. The summed E-state index contributed by atoms with van der Waals surface area (Å²) in [5.41, 5.74) is 2.19. The molecule has 5 heteroatoms. The van der Waals surface area contributed by atoms with Gasteiger partial charge in [0, 0.05) is 33.7 Å². The molecule has 0 saturated carbocycles. The number of ether oxygens (including phenoxy) is 1. The zero-order valence-electron chi connectivity index (χ0n) is 13.6. The second kappa shape index (κ2) is 7.07. The van der Waals surface area contributed by atoms with Crippen molar-refractivity contribution < 1.29 is 14.5 Å². The summed E-state index contributed by atoms with van der Waals surface area (Å²) in [5.74, 6) is 0.663. The monoisotopic (exact) mass is 344 g/mol. The van der Waals surface area contributed by atoms with Gasteiger partial charge in [0.05, 0.1) is 7.11 Å². The molecular weight excluding hydrogens is 326 g/mol. The van der Waals surface area contributed by atoms with E-state index in [0.717, 1.165) is 21.5 Å². The van der Waals surface area contributed by atoms with Crippen LogP contribution in [0.25, 0.3) is 11.0 Å². The third-order valence-electron chi connectivity index (χ3n) is 4.12. The highest BCUT2D eigenvalue weighted by atomic mass is 35.5. The van der Waals surface area contributed by atoms with Crippen LogP contribution in [0.4, 0.5) is 0 Å². The van der Waals surface area contributed by atoms with Gasteiger partial charge in [-0.3, -0.25) is 0 Å². The molecule has 0 unspecified atom stereocenters. The van der Waals surface area contributed by atoms with Gasteiger partial charge in [-0.1, -0.05) is 29.8 Å². The van der Waals surface area contributed by atoms with E-state index in [9.17, 15) is 4.79 Å². The van der Waals surface area contributed by atoms with Gasteiger partial charge in [0.2, 0.25) is 0 Å². The average Bonchev–Trinajstić information content (AvgIpc) is 2.59. The Morgan fingerprint density at radius 2 is 2.00 bits per heavy atom. The van der Waals surface area contributed by atoms with Crippen molar-refractivity contribution >= 4 is 22.6 Å². The zero-order chi connectivity index (χ0) is 17.1. The van der Waals surface area contributed by atoms with Crippen molar-refractivity contribution in [3.63, 3.8) is 0 Å². The van der Waals surface area contributed by atoms with E-state index in [1.54, 1.807) is 19.2 Å². The maximum atomic E-state index is 11.8. The molecule has 4 nitrogen and oxygen atoms in total. The van der Waals surface area contributed by atoms with Gasteiger partial charge in [-0.2, -0.15) is 0 Å². The van der Waals surface area contributed by atoms with E-state index in [-0.39, 0.29) is 11.7 Å². The van der Waals surface area contributed by atoms with Crippen LogP contribution in [0.1, 0.15) is 24.1 Å². The minimum absolute atomic E-state index is 0.180. The van der Waals surface area contributed by atoms with Crippen molar-refractivity contribution in [2.24, 2.45) is 0 Å². The average molecular weight is 345 g/mol. The Morgan fingerprint density at radius 3 is 2.75 bits per heavy atom. The first-order chi connectivity index (χ1) is 11.6. The quantitative estimate of drug-likeness (QED) is 0.723. The van der Waals surface area contributed by atoms with Gasteiger partial charge in [-0.05, 0) is 25.1 Å².